The van der Waals surface area contributed by atoms with Crippen LogP contribution in [-0.4, -0.2) is 12.7 Å². The Morgan fingerprint density at radius 3 is 2.73 bits per heavy atom. The topological polar surface area (TPSA) is 9.23 Å². The van der Waals surface area contributed by atoms with Crippen LogP contribution in [0.3, 0.4) is 0 Å². The molecule has 0 unspecified atom stereocenters. The first kappa shape index (κ1) is 9.05. The van der Waals surface area contributed by atoms with Crippen LogP contribution in [-0.2, 0) is 4.74 Å². The van der Waals surface area contributed by atoms with Gasteiger partial charge in [0.05, 0.1) is 6.10 Å². The summed E-state index contributed by atoms with van der Waals surface area (Å²) in [5.41, 5.74) is 0. The summed E-state index contributed by atoms with van der Waals surface area (Å²) in [7, 11) is 0. The fourth-order valence-electron chi connectivity index (χ4n) is 1.70. The van der Waals surface area contributed by atoms with Crippen molar-refractivity contribution in [1.82, 2.24) is 0 Å². The zero-order valence-electron chi connectivity index (χ0n) is 7.81. The van der Waals surface area contributed by atoms with E-state index in [1.807, 2.05) is 0 Å². The van der Waals surface area contributed by atoms with Crippen LogP contribution in [0.4, 0.5) is 0 Å². The molecule has 2 atom stereocenters. The SMILES string of the molecule is CCCCO[C@@H]1CC[C@H](C)C1. The van der Waals surface area contributed by atoms with Gasteiger partial charge in [0.15, 0.2) is 0 Å². The summed E-state index contributed by atoms with van der Waals surface area (Å²) in [5.74, 6) is 0.904. The van der Waals surface area contributed by atoms with E-state index in [9.17, 15) is 0 Å². The van der Waals surface area contributed by atoms with Gasteiger partial charge in [-0.2, -0.15) is 0 Å². The van der Waals surface area contributed by atoms with Crippen molar-refractivity contribution in [3.8, 4) is 0 Å². The maximum Gasteiger partial charge on any atom is 0.0577 e. The lowest BCUT2D eigenvalue weighted by atomic mass is 10.1. The smallest absolute Gasteiger partial charge is 0.0577 e. The van der Waals surface area contributed by atoms with Gasteiger partial charge in [-0.25, -0.2) is 0 Å². The Morgan fingerprint density at radius 2 is 2.18 bits per heavy atom. The van der Waals surface area contributed by atoms with Crippen LogP contribution in [0, 0.1) is 5.92 Å². The van der Waals surface area contributed by atoms with E-state index >= 15 is 0 Å². The number of unbranched alkanes of at least 4 members (excludes halogenated alkanes) is 1. The van der Waals surface area contributed by atoms with Crippen molar-refractivity contribution in [2.45, 2.75) is 52.1 Å². The second-order valence-electron chi connectivity index (χ2n) is 3.76. The molecule has 1 fully saturated rings. The molecule has 0 aromatic rings. The third kappa shape index (κ3) is 3.24. The largest absolute Gasteiger partial charge is 0.378 e. The van der Waals surface area contributed by atoms with Crippen molar-refractivity contribution in [2.24, 2.45) is 5.92 Å². The van der Waals surface area contributed by atoms with E-state index in [1.165, 1.54) is 32.1 Å². The Kier molecular flexibility index (Phi) is 3.92. The van der Waals surface area contributed by atoms with E-state index in [0.29, 0.717) is 6.10 Å². The summed E-state index contributed by atoms with van der Waals surface area (Å²) >= 11 is 0. The molecule has 1 aliphatic carbocycles. The van der Waals surface area contributed by atoms with Gasteiger partial charge in [0.1, 0.15) is 0 Å². The van der Waals surface area contributed by atoms with Crippen molar-refractivity contribution < 1.29 is 4.74 Å². The van der Waals surface area contributed by atoms with Gasteiger partial charge in [0.25, 0.3) is 0 Å². The van der Waals surface area contributed by atoms with Crippen LogP contribution in [0.25, 0.3) is 0 Å². The minimum atomic E-state index is 0.594. The van der Waals surface area contributed by atoms with Crippen molar-refractivity contribution in [3.63, 3.8) is 0 Å². The fourth-order valence-corrected chi connectivity index (χ4v) is 1.70. The van der Waals surface area contributed by atoms with E-state index < -0.39 is 0 Å². The molecule has 1 saturated carbocycles. The second-order valence-corrected chi connectivity index (χ2v) is 3.76. The van der Waals surface area contributed by atoms with E-state index in [1.54, 1.807) is 0 Å². The molecule has 1 rings (SSSR count). The molecule has 0 spiro atoms. The van der Waals surface area contributed by atoms with E-state index in [4.69, 9.17) is 4.74 Å². The van der Waals surface area contributed by atoms with Gasteiger partial charge >= 0.3 is 0 Å². The van der Waals surface area contributed by atoms with Crippen LogP contribution in [0.5, 0.6) is 0 Å². The molecule has 0 amide bonds. The van der Waals surface area contributed by atoms with Crippen molar-refractivity contribution in [1.29, 1.82) is 0 Å². The number of ether oxygens (including phenoxy) is 1. The average Bonchev–Trinajstić information content (AvgIpc) is 2.37. The van der Waals surface area contributed by atoms with Gasteiger partial charge in [-0.1, -0.05) is 20.3 Å². The van der Waals surface area contributed by atoms with Crippen LogP contribution in [0.2, 0.25) is 0 Å². The molecule has 0 radical (unpaired) electrons. The number of hydrogen-bond acceptors (Lipinski definition) is 1. The van der Waals surface area contributed by atoms with E-state index in [2.05, 4.69) is 13.8 Å². The fraction of sp³-hybridized carbons (Fsp3) is 1.00. The maximum atomic E-state index is 5.71. The Balaban J connectivity index is 1.99. The molecule has 0 aromatic carbocycles. The minimum Gasteiger partial charge on any atom is -0.378 e. The zero-order chi connectivity index (χ0) is 8.10. The molecular weight excluding hydrogens is 136 g/mol. The first-order valence-corrected chi connectivity index (χ1v) is 4.94. The molecule has 1 nitrogen and oxygen atoms in total. The number of hydrogen-bond donors (Lipinski definition) is 0. The molecule has 0 N–H and O–H groups in total. The minimum absolute atomic E-state index is 0.594. The third-order valence-corrected chi connectivity index (χ3v) is 2.50. The summed E-state index contributed by atoms with van der Waals surface area (Å²) in [6.07, 6.45) is 7.04. The highest BCUT2D eigenvalue weighted by Crippen LogP contribution is 2.26. The molecule has 1 aliphatic rings. The first-order valence-electron chi connectivity index (χ1n) is 4.94. The standard InChI is InChI=1S/C10H20O/c1-3-4-7-11-10-6-5-9(2)8-10/h9-10H,3-8H2,1-2H3/t9-,10+/m0/s1. The molecular formula is C10H20O. The van der Waals surface area contributed by atoms with Crippen LogP contribution >= 0.6 is 0 Å². The van der Waals surface area contributed by atoms with Gasteiger partial charge in [-0.05, 0) is 31.6 Å². The molecule has 1 heteroatoms. The quantitative estimate of drug-likeness (QED) is 0.568. The molecule has 0 aromatic heterocycles. The molecule has 0 bridgehead atoms. The van der Waals surface area contributed by atoms with Crippen LogP contribution in [0.1, 0.15) is 46.0 Å². The molecule has 0 heterocycles. The third-order valence-electron chi connectivity index (χ3n) is 2.50. The summed E-state index contributed by atoms with van der Waals surface area (Å²) in [6.45, 7) is 5.51. The Labute approximate surface area is 70.1 Å². The van der Waals surface area contributed by atoms with Gasteiger partial charge in [0.2, 0.25) is 0 Å². The van der Waals surface area contributed by atoms with Gasteiger partial charge < -0.3 is 4.74 Å². The second kappa shape index (κ2) is 4.76. The highest BCUT2D eigenvalue weighted by molar-refractivity contribution is 4.72. The Hall–Kier alpha value is -0.0400. The highest BCUT2D eigenvalue weighted by atomic mass is 16.5. The summed E-state index contributed by atoms with van der Waals surface area (Å²) in [4.78, 5) is 0. The van der Waals surface area contributed by atoms with Gasteiger partial charge in [-0.15, -0.1) is 0 Å². The number of rotatable bonds is 4. The predicted octanol–water partition coefficient (Wildman–Crippen LogP) is 2.99. The van der Waals surface area contributed by atoms with E-state index in [0.717, 1.165) is 12.5 Å². The van der Waals surface area contributed by atoms with Crippen LogP contribution in [0.15, 0.2) is 0 Å². The molecule has 11 heavy (non-hydrogen) atoms. The van der Waals surface area contributed by atoms with Crippen LogP contribution < -0.4 is 0 Å². The Bertz CT molecular complexity index is 101. The highest BCUT2D eigenvalue weighted by Gasteiger charge is 2.21. The lowest BCUT2D eigenvalue weighted by molar-refractivity contribution is 0.0542. The van der Waals surface area contributed by atoms with Gasteiger partial charge in [0, 0.05) is 6.61 Å². The lowest BCUT2D eigenvalue weighted by Crippen LogP contribution is -2.08. The lowest BCUT2D eigenvalue weighted by Gasteiger charge is -2.10. The monoisotopic (exact) mass is 156 g/mol. The first-order chi connectivity index (χ1) is 5.33. The van der Waals surface area contributed by atoms with Gasteiger partial charge in [-0.3, -0.25) is 0 Å². The Morgan fingerprint density at radius 1 is 1.36 bits per heavy atom. The predicted molar refractivity (Wildman–Crippen MR) is 47.7 cm³/mol. The summed E-state index contributed by atoms with van der Waals surface area (Å²) in [6, 6.07) is 0. The molecule has 0 aliphatic heterocycles. The molecule has 66 valence electrons. The maximum absolute atomic E-state index is 5.71. The summed E-state index contributed by atoms with van der Waals surface area (Å²) in [5, 5.41) is 0. The van der Waals surface area contributed by atoms with Crippen molar-refractivity contribution >= 4 is 0 Å². The van der Waals surface area contributed by atoms with Crippen molar-refractivity contribution in [3.05, 3.63) is 0 Å². The normalized spacial score (nSPS) is 31.1. The van der Waals surface area contributed by atoms with E-state index in [-0.39, 0.29) is 0 Å². The molecule has 0 saturated heterocycles. The zero-order valence-corrected chi connectivity index (χ0v) is 7.81. The average molecular weight is 156 g/mol. The van der Waals surface area contributed by atoms with Crippen molar-refractivity contribution in [2.75, 3.05) is 6.61 Å². The summed E-state index contributed by atoms with van der Waals surface area (Å²) < 4.78 is 5.71.